The number of nitrogens with one attached hydrogen (secondary N) is 1. The summed E-state index contributed by atoms with van der Waals surface area (Å²) in [7, 11) is 1.99. The van der Waals surface area contributed by atoms with Gasteiger partial charge in [-0.2, -0.15) is 10.2 Å². The maximum Gasteiger partial charge on any atom is 0.253 e. The fourth-order valence-corrected chi connectivity index (χ4v) is 5.13. The largest absolute Gasteiger partial charge is 0.337 e. The molecule has 0 aliphatic carbocycles. The first kappa shape index (κ1) is 19.0. The van der Waals surface area contributed by atoms with Crippen molar-refractivity contribution in [3.8, 4) is 0 Å². The molecule has 2 fully saturated rings. The number of hydrogen-bond donors (Lipinski definition) is 1. The van der Waals surface area contributed by atoms with Gasteiger partial charge in [0.15, 0.2) is 5.82 Å². The van der Waals surface area contributed by atoms with Crippen LogP contribution >= 0.6 is 0 Å². The summed E-state index contributed by atoms with van der Waals surface area (Å²) in [6.45, 7) is 7.90. The number of likely N-dealkylation sites (tertiary alicyclic amines) is 2. The Morgan fingerprint density at radius 3 is 2.67 bits per heavy atom. The smallest absolute Gasteiger partial charge is 0.253 e. The standard InChI is InChI=1S/C22H27N7O/c1-15-9-19(27(3)26-15)12-28-10-18-11-29(20(30)17-7-5-4-6-8-17)14-22(18,13-28)21-23-16(2)24-25-21/h4-9,18H,10-14H2,1-3H3,(H,23,24,25)/t18-,22-/m1/s1. The molecular weight excluding hydrogens is 378 g/mol. The molecular formula is C22H27N7O. The van der Waals surface area contributed by atoms with Crippen molar-refractivity contribution in [3.05, 3.63) is 65.0 Å². The van der Waals surface area contributed by atoms with Gasteiger partial charge in [-0.25, -0.2) is 4.98 Å². The molecule has 0 radical (unpaired) electrons. The van der Waals surface area contributed by atoms with E-state index in [1.54, 1.807) is 0 Å². The maximum atomic E-state index is 13.1. The highest BCUT2D eigenvalue weighted by Gasteiger charge is 2.56. The fraction of sp³-hybridized carbons (Fsp3) is 0.455. The van der Waals surface area contributed by atoms with E-state index >= 15 is 0 Å². The Kier molecular flexibility index (Phi) is 4.47. The van der Waals surface area contributed by atoms with Crippen molar-refractivity contribution in [1.82, 2.24) is 34.8 Å². The molecule has 30 heavy (non-hydrogen) atoms. The maximum absolute atomic E-state index is 13.1. The quantitative estimate of drug-likeness (QED) is 0.714. The van der Waals surface area contributed by atoms with E-state index in [0.29, 0.717) is 12.5 Å². The fourth-order valence-electron chi connectivity index (χ4n) is 5.13. The summed E-state index contributed by atoms with van der Waals surface area (Å²) in [5.41, 5.74) is 2.72. The van der Waals surface area contributed by atoms with Crippen molar-refractivity contribution in [2.75, 3.05) is 26.2 Å². The normalized spacial score (nSPS) is 23.8. The number of aryl methyl sites for hydroxylation is 3. The summed E-state index contributed by atoms with van der Waals surface area (Å²) in [4.78, 5) is 22.3. The van der Waals surface area contributed by atoms with Crippen LogP contribution in [0.1, 0.15) is 33.4 Å². The van der Waals surface area contributed by atoms with Crippen LogP contribution in [0.3, 0.4) is 0 Å². The van der Waals surface area contributed by atoms with Gasteiger partial charge in [0.2, 0.25) is 0 Å². The van der Waals surface area contributed by atoms with Crippen LogP contribution in [-0.4, -0.2) is 66.8 Å². The molecule has 5 rings (SSSR count). The van der Waals surface area contributed by atoms with Crippen molar-refractivity contribution in [2.24, 2.45) is 13.0 Å². The molecule has 8 heteroatoms. The van der Waals surface area contributed by atoms with E-state index < -0.39 is 0 Å². The first-order valence-corrected chi connectivity index (χ1v) is 10.4. The van der Waals surface area contributed by atoms with Crippen LogP contribution in [0.2, 0.25) is 0 Å². The average Bonchev–Trinajstić information content (AvgIpc) is 3.45. The van der Waals surface area contributed by atoms with Gasteiger partial charge in [-0.1, -0.05) is 18.2 Å². The molecule has 0 bridgehead atoms. The minimum absolute atomic E-state index is 0.0884. The lowest BCUT2D eigenvalue weighted by atomic mass is 9.80. The monoisotopic (exact) mass is 405 g/mol. The third-order valence-electron chi connectivity index (χ3n) is 6.51. The second kappa shape index (κ2) is 7.05. The lowest BCUT2D eigenvalue weighted by Gasteiger charge is -2.27. The van der Waals surface area contributed by atoms with Gasteiger partial charge in [0.1, 0.15) is 5.82 Å². The van der Waals surface area contributed by atoms with Crippen LogP contribution in [0.5, 0.6) is 0 Å². The first-order chi connectivity index (χ1) is 14.4. The van der Waals surface area contributed by atoms with Gasteiger partial charge in [0.05, 0.1) is 16.8 Å². The Balaban J connectivity index is 1.42. The van der Waals surface area contributed by atoms with Gasteiger partial charge in [-0.05, 0) is 32.0 Å². The van der Waals surface area contributed by atoms with Crippen LogP contribution in [-0.2, 0) is 19.0 Å². The predicted molar refractivity (Wildman–Crippen MR) is 112 cm³/mol. The Morgan fingerprint density at radius 2 is 2.00 bits per heavy atom. The molecule has 0 spiro atoms. The molecule has 8 nitrogen and oxygen atoms in total. The predicted octanol–water partition coefficient (Wildman–Crippen LogP) is 1.68. The Labute approximate surface area is 175 Å². The summed E-state index contributed by atoms with van der Waals surface area (Å²) in [6, 6.07) is 11.7. The number of aromatic amines is 1. The van der Waals surface area contributed by atoms with Crippen molar-refractivity contribution >= 4 is 5.91 Å². The molecule has 2 saturated heterocycles. The lowest BCUT2D eigenvalue weighted by Crippen LogP contribution is -2.40. The third kappa shape index (κ3) is 3.11. The highest BCUT2D eigenvalue weighted by molar-refractivity contribution is 5.94. The Bertz CT molecular complexity index is 1070. The first-order valence-electron chi connectivity index (χ1n) is 10.4. The van der Waals surface area contributed by atoms with Gasteiger partial charge < -0.3 is 4.90 Å². The van der Waals surface area contributed by atoms with E-state index in [-0.39, 0.29) is 11.3 Å². The van der Waals surface area contributed by atoms with E-state index in [0.717, 1.165) is 49.1 Å². The van der Waals surface area contributed by atoms with Crippen LogP contribution in [0.15, 0.2) is 36.4 Å². The molecule has 3 aromatic rings. The summed E-state index contributed by atoms with van der Waals surface area (Å²) < 4.78 is 1.96. The summed E-state index contributed by atoms with van der Waals surface area (Å²) in [5, 5.41) is 12.0. The number of carbonyl (C=O) groups excluding carboxylic acids is 1. The highest BCUT2D eigenvalue weighted by Crippen LogP contribution is 2.44. The number of aromatic nitrogens is 5. The third-order valence-corrected chi connectivity index (χ3v) is 6.51. The van der Waals surface area contributed by atoms with Crippen molar-refractivity contribution in [3.63, 3.8) is 0 Å². The van der Waals surface area contributed by atoms with E-state index in [1.165, 1.54) is 5.69 Å². The van der Waals surface area contributed by atoms with E-state index in [2.05, 4.69) is 26.3 Å². The Morgan fingerprint density at radius 1 is 1.20 bits per heavy atom. The molecule has 0 unspecified atom stereocenters. The second-order valence-electron chi connectivity index (χ2n) is 8.72. The van der Waals surface area contributed by atoms with Gasteiger partial charge in [0.25, 0.3) is 5.91 Å². The van der Waals surface area contributed by atoms with Crippen LogP contribution in [0.4, 0.5) is 0 Å². The van der Waals surface area contributed by atoms with Gasteiger partial charge >= 0.3 is 0 Å². The highest BCUT2D eigenvalue weighted by atomic mass is 16.2. The topological polar surface area (TPSA) is 82.9 Å². The number of fused-ring (bicyclic) bond motifs is 1. The van der Waals surface area contributed by atoms with Crippen molar-refractivity contribution in [2.45, 2.75) is 25.8 Å². The zero-order valence-corrected chi connectivity index (χ0v) is 17.7. The summed E-state index contributed by atoms with van der Waals surface area (Å²) in [5.74, 6) is 2.03. The average molecular weight is 406 g/mol. The van der Waals surface area contributed by atoms with E-state index in [4.69, 9.17) is 4.98 Å². The van der Waals surface area contributed by atoms with Gasteiger partial charge in [-0.15, -0.1) is 0 Å². The number of H-pyrrole nitrogens is 1. The molecule has 2 atom stereocenters. The number of amides is 1. The molecule has 2 aliphatic heterocycles. The summed E-state index contributed by atoms with van der Waals surface area (Å²) in [6.07, 6.45) is 0. The molecule has 4 heterocycles. The lowest BCUT2D eigenvalue weighted by molar-refractivity contribution is 0.0768. The SMILES string of the molecule is Cc1cc(CN2C[C@@H]3CN(C(=O)c4ccccc4)C[C@]3(c3n[nH]c(C)n3)C2)n(C)n1. The van der Waals surface area contributed by atoms with Crippen molar-refractivity contribution in [1.29, 1.82) is 0 Å². The molecule has 2 aliphatic rings. The minimum Gasteiger partial charge on any atom is -0.337 e. The molecule has 0 saturated carbocycles. The molecule has 1 aromatic carbocycles. The summed E-state index contributed by atoms with van der Waals surface area (Å²) >= 11 is 0. The minimum atomic E-state index is -0.247. The van der Waals surface area contributed by atoms with Crippen LogP contribution in [0, 0.1) is 19.8 Å². The Hall–Kier alpha value is -3.00. The van der Waals surface area contributed by atoms with Crippen molar-refractivity contribution < 1.29 is 4.79 Å². The zero-order chi connectivity index (χ0) is 20.9. The number of hydrogen-bond acceptors (Lipinski definition) is 5. The molecule has 1 amide bonds. The van der Waals surface area contributed by atoms with E-state index in [9.17, 15) is 4.79 Å². The van der Waals surface area contributed by atoms with Gasteiger partial charge in [0, 0.05) is 51.3 Å². The van der Waals surface area contributed by atoms with Gasteiger partial charge in [-0.3, -0.25) is 19.5 Å². The second-order valence-corrected chi connectivity index (χ2v) is 8.72. The van der Waals surface area contributed by atoms with Crippen LogP contribution in [0.25, 0.3) is 0 Å². The molecule has 2 aromatic heterocycles. The zero-order valence-electron chi connectivity index (χ0n) is 17.7. The molecule has 1 N–H and O–H groups in total. The van der Waals surface area contributed by atoms with Crippen LogP contribution < -0.4 is 0 Å². The number of carbonyl (C=O) groups is 1. The number of rotatable bonds is 4. The number of benzene rings is 1. The van der Waals surface area contributed by atoms with E-state index in [1.807, 2.05) is 60.8 Å². The number of nitrogens with zero attached hydrogens (tertiary/aromatic N) is 6. The molecule has 156 valence electrons.